The van der Waals surface area contributed by atoms with Gasteiger partial charge in [0.1, 0.15) is 36.3 Å². The van der Waals surface area contributed by atoms with Crippen LogP contribution in [-0.2, 0) is 25.5 Å². The second kappa shape index (κ2) is 10.1. The zero-order valence-electron chi connectivity index (χ0n) is 16.0. The summed E-state index contributed by atoms with van der Waals surface area (Å²) in [6.07, 6.45) is -5.52. The highest BCUT2D eigenvalue weighted by Crippen LogP contribution is 2.22. The maximum Gasteiger partial charge on any atom is 0.331 e. The maximum absolute atomic E-state index is 13.6. The Morgan fingerprint density at radius 1 is 1.24 bits per heavy atom. The van der Waals surface area contributed by atoms with Crippen molar-refractivity contribution in [3.8, 4) is 5.75 Å². The van der Waals surface area contributed by atoms with Crippen LogP contribution in [0.5, 0.6) is 5.75 Å². The third-order valence-electron chi connectivity index (χ3n) is 4.45. The van der Waals surface area contributed by atoms with E-state index in [-0.39, 0.29) is 25.4 Å². The molecule has 0 saturated carbocycles. The third kappa shape index (κ3) is 5.94. The van der Waals surface area contributed by atoms with Crippen LogP contribution in [0, 0.1) is 0 Å². The topological polar surface area (TPSA) is 149 Å². The Balaban J connectivity index is 2.01. The first-order valence-corrected chi connectivity index (χ1v) is 9.21. The van der Waals surface area contributed by atoms with Crippen molar-refractivity contribution in [1.82, 2.24) is 0 Å². The van der Waals surface area contributed by atoms with E-state index >= 15 is 0 Å². The normalized spacial score (nSPS) is 26.4. The lowest BCUT2D eigenvalue weighted by Gasteiger charge is -2.36. The van der Waals surface area contributed by atoms with Gasteiger partial charge >= 0.3 is 11.9 Å². The minimum absolute atomic E-state index is 0.237. The average molecular weight is 415 g/mol. The van der Waals surface area contributed by atoms with Crippen LogP contribution < -0.4 is 10.5 Å². The molecule has 1 aromatic carbocycles. The Hall–Kier alpha value is -2.11. The maximum atomic E-state index is 13.6. The van der Waals surface area contributed by atoms with Crippen molar-refractivity contribution in [2.75, 3.05) is 13.3 Å². The molecule has 10 heteroatoms. The summed E-state index contributed by atoms with van der Waals surface area (Å²) in [6.45, 7) is 0.218. The summed E-state index contributed by atoms with van der Waals surface area (Å²) in [4.78, 5) is 23.9. The number of aliphatic hydroxyl groups excluding tert-OH is 3. The minimum Gasteiger partial charge on any atom is -0.431 e. The van der Waals surface area contributed by atoms with E-state index in [9.17, 15) is 29.3 Å². The van der Waals surface area contributed by atoms with Gasteiger partial charge in [-0.3, -0.25) is 4.79 Å². The Bertz CT molecular complexity index is 700. The van der Waals surface area contributed by atoms with Gasteiger partial charge in [-0.15, -0.1) is 0 Å². The van der Waals surface area contributed by atoms with E-state index in [0.29, 0.717) is 17.7 Å². The van der Waals surface area contributed by atoms with Gasteiger partial charge in [0.2, 0.25) is 6.29 Å². The molecule has 29 heavy (non-hydrogen) atoms. The molecule has 0 unspecified atom stereocenters. The van der Waals surface area contributed by atoms with E-state index in [2.05, 4.69) is 0 Å². The summed E-state index contributed by atoms with van der Waals surface area (Å²) in [5, 5.41) is 28.9. The van der Waals surface area contributed by atoms with Crippen molar-refractivity contribution in [1.29, 1.82) is 0 Å². The summed E-state index contributed by atoms with van der Waals surface area (Å²) in [5.74, 6) is -1.24. The summed E-state index contributed by atoms with van der Waals surface area (Å²) in [6, 6.07) is 6.06. The first-order valence-electron chi connectivity index (χ1n) is 9.21. The van der Waals surface area contributed by atoms with Crippen molar-refractivity contribution in [2.45, 2.75) is 56.3 Å². The van der Waals surface area contributed by atoms with Gasteiger partial charge in [0.25, 0.3) is 0 Å². The fraction of sp³-hybridized carbons (Fsp3) is 0.579. The second-order valence-electron chi connectivity index (χ2n) is 6.99. The number of rotatable bonds is 8. The van der Waals surface area contributed by atoms with E-state index < -0.39 is 42.8 Å². The molecule has 1 aromatic rings. The summed E-state index contributed by atoms with van der Waals surface area (Å²) in [7, 11) is 0. The van der Waals surface area contributed by atoms with Crippen LogP contribution in [0.1, 0.15) is 25.3 Å². The smallest absolute Gasteiger partial charge is 0.331 e. The van der Waals surface area contributed by atoms with E-state index in [4.69, 9.17) is 19.9 Å². The highest BCUT2D eigenvalue weighted by atomic mass is 19.1. The fourth-order valence-corrected chi connectivity index (χ4v) is 2.71. The number of halogens is 1. The molecule has 1 fully saturated rings. The monoisotopic (exact) mass is 415 g/mol. The molecule has 0 spiro atoms. The van der Waals surface area contributed by atoms with Gasteiger partial charge in [-0.2, -0.15) is 0 Å². The summed E-state index contributed by atoms with van der Waals surface area (Å²) >= 11 is 0. The lowest BCUT2D eigenvalue weighted by atomic mass is 9.93. The number of aliphatic hydroxyl groups is 3. The van der Waals surface area contributed by atoms with Crippen molar-refractivity contribution < 1.29 is 43.5 Å². The molecule has 1 saturated heterocycles. The molecule has 0 radical (unpaired) electrons. The summed E-state index contributed by atoms with van der Waals surface area (Å²) < 4.78 is 28.7. The average Bonchev–Trinajstić information content (AvgIpc) is 2.70. The molecule has 2 rings (SSSR count). The lowest BCUT2D eigenvalue weighted by Crippen LogP contribution is -2.58. The number of hydrogen-bond acceptors (Lipinski definition) is 9. The van der Waals surface area contributed by atoms with Gasteiger partial charge in [-0.1, -0.05) is 19.1 Å². The Labute approximate surface area is 167 Å². The number of esters is 2. The van der Waals surface area contributed by atoms with Crippen LogP contribution in [0.15, 0.2) is 24.3 Å². The van der Waals surface area contributed by atoms with E-state index in [1.165, 1.54) is 24.3 Å². The highest BCUT2D eigenvalue weighted by molar-refractivity contribution is 5.81. The number of benzene rings is 1. The minimum atomic E-state index is -2.06. The van der Waals surface area contributed by atoms with Crippen molar-refractivity contribution in [3.63, 3.8) is 0 Å². The largest absolute Gasteiger partial charge is 0.431 e. The molecule has 0 amide bonds. The van der Waals surface area contributed by atoms with E-state index in [1.54, 1.807) is 0 Å². The van der Waals surface area contributed by atoms with Crippen LogP contribution in [-0.4, -0.2) is 70.7 Å². The van der Waals surface area contributed by atoms with Gasteiger partial charge in [-0.05, 0) is 24.1 Å². The molecule has 0 aromatic heterocycles. The molecule has 0 aliphatic carbocycles. The zero-order chi connectivity index (χ0) is 21.6. The SMILES string of the molecule is CCCC(=O)Oc1ccc(C[C@](N)(CF)C(=O)O[C@@H]2OC[C@@H](O)[C@H](O)[C@H]2O)cc1. The van der Waals surface area contributed by atoms with Gasteiger partial charge in [0.15, 0.2) is 0 Å². The van der Waals surface area contributed by atoms with E-state index in [0.717, 1.165) is 0 Å². The number of ether oxygens (including phenoxy) is 3. The second-order valence-corrected chi connectivity index (χ2v) is 6.99. The van der Waals surface area contributed by atoms with Gasteiger partial charge in [0.05, 0.1) is 6.61 Å². The molecule has 0 bridgehead atoms. The van der Waals surface area contributed by atoms with Crippen LogP contribution in [0.4, 0.5) is 4.39 Å². The van der Waals surface area contributed by atoms with Gasteiger partial charge < -0.3 is 35.3 Å². The first-order chi connectivity index (χ1) is 13.7. The molecular weight excluding hydrogens is 389 g/mol. The van der Waals surface area contributed by atoms with Crippen molar-refractivity contribution in [3.05, 3.63) is 29.8 Å². The number of alkyl halides is 1. The summed E-state index contributed by atoms with van der Waals surface area (Å²) in [5.41, 5.74) is 4.29. The zero-order valence-corrected chi connectivity index (χ0v) is 16.0. The Kier molecular flexibility index (Phi) is 8.05. The molecule has 1 heterocycles. The molecular formula is C19H26FNO8. The van der Waals surface area contributed by atoms with Crippen LogP contribution in [0.25, 0.3) is 0 Å². The van der Waals surface area contributed by atoms with Gasteiger partial charge in [-0.25, -0.2) is 9.18 Å². The molecule has 1 aliphatic rings. The Morgan fingerprint density at radius 2 is 1.90 bits per heavy atom. The standard InChI is InChI=1S/C19H26FNO8/c1-2-3-14(23)28-12-6-4-11(5-7-12)8-19(21,10-20)18(26)29-17-16(25)15(24)13(22)9-27-17/h4-7,13,15-17,22,24-25H,2-3,8-10,21H2,1H3/t13-,15+,16-,17+,19+/m1/s1. The van der Waals surface area contributed by atoms with E-state index in [1.807, 2.05) is 6.92 Å². The van der Waals surface area contributed by atoms with Gasteiger partial charge in [0, 0.05) is 12.8 Å². The number of hydrogen-bond donors (Lipinski definition) is 4. The fourth-order valence-electron chi connectivity index (χ4n) is 2.71. The Morgan fingerprint density at radius 3 is 2.48 bits per heavy atom. The predicted octanol–water partition coefficient (Wildman–Crippen LogP) is -0.416. The lowest BCUT2D eigenvalue weighted by molar-refractivity contribution is -0.265. The number of carbonyl (C=O) groups is 2. The number of nitrogens with two attached hydrogens (primary N) is 1. The molecule has 5 atom stereocenters. The highest BCUT2D eigenvalue weighted by Gasteiger charge is 2.44. The van der Waals surface area contributed by atoms with Crippen LogP contribution >= 0.6 is 0 Å². The van der Waals surface area contributed by atoms with Crippen LogP contribution in [0.3, 0.4) is 0 Å². The molecule has 5 N–H and O–H groups in total. The molecule has 1 aliphatic heterocycles. The molecule has 9 nitrogen and oxygen atoms in total. The first kappa shape index (κ1) is 23.2. The van der Waals surface area contributed by atoms with Crippen LogP contribution in [0.2, 0.25) is 0 Å². The van der Waals surface area contributed by atoms with Crippen molar-refractivity contribution in [2.24, 2.45) is 5.73 Å². The number of carbonyl (C=O) groups excluding carboxylic acids is 2. The van der Waals surface area contributed by atoms with Crippen molar-refractivity contribution >= 4 is 11.9 Å². The third-order valence-corrected chi connectivity index (χ3v) is 4.45. The quantitative estimate of drug-likeness (QED) is 0.328. The molecule has 162 valence electrons. The predicted molar refractivity (Wildman–Crippen MR) is 97.4 cm³/mol.